The van der Waals surface area contributed by atoms with Crippen LogP contribution in [0, 0.1) is 0 Å². The van der Waals surface area contributed by atoms with E-state index in [4.69, 9.17) is 4.74 Å². The van der Waals surface area contributed by atoms with E-state index < -0.39 is 0 Å². The van der Waals surface area contributed by atoms with Gasteiger partial charge in [-0.15, -0.1) is 5.10 Å². The standard InChI is InChI=1S/C12H15N3OS/c1-9(13-7-11-8-17-15-14-11)10-4-3-5-12(6-10)16-2/h3-6,8-9,13H,7H2,1-2H3/t9-/m1/s1. The second-order valence-electron chi connectivity index (χ2n) is 3.78. The molecule has 5 heteroatoms. The van der Waals surface area contributed by atoms with E-state index >= 15 is 0 Å². The van der Waals surface area contributed by atoms with E-state index in [0.717, 1.165) is 18.0 Å². The van der Waals surface area contributed by atoms with Crippen LogP contribution in [0.15, 0.2) is 29.6 Å². The Bertz CT molecular complexity index is 459. The predicted molar refractivity (Wildman–Crippen MR) is 68.2 cm³/mol. The minimum absolute atomic E-state index is 0.256. The lowest BCUT2D eigenvalue weighted by atomic mass is 10.1. The fraction of sp³-hybridized carbons (Fsp3) is 0.333. The molecule has 0 unspecified atom stereocenters. The van der Waals surface area contributed by atoms with Crippen molar-refractivity contribution in [1.82, 2.24) is 14.9 Å². The molecule has 1 aromatic heterocycles. The number of hydrogen-bond acceptors (Lipinski definition) is 5. The van der Waals surface area contributed by atoms with E-state index in [1.165, 1.54) is 17.1 Å². The van der Waals surface area contributed by atoms with Gasteiger partial charge in [-0.05, 0) is 36.2 Å². The summed E-state index contributed by atoms with van der Waals surface area (Å²) in [6, 6.07) is 8.32. The number of rotatable bonds is 5. The molecule has 0 radical (unpaired) electrons. The lowest BCUT2D eigenvalue weighted by Crippen LogP contribution is -2.18. The Balaban J connectivity index is 1.96. The number of hydrogen-bond donors (Lipinski definition) is 1. The molecule has 17 heavy (non-hydrogen) atoms. The van der Waals surface area contributed by atoms with Crippen molar-refractivity contribution >= 4 is 11.5 Å². The van der Waals surface area contributed by atoms with Gasteiger partial charge in [0.15, 0.2) is 0 Å². The molecule has 0 aliphatic carbocycles. The first-order valence-electron chi connectivity index (χ1n) is 5.43. The van der Waals surface area contributed by atoms with Crippen LogP contribution in [0.5, 0.6) is 5.75 Å². The summed E-state index contributed by atoms with van der Waals surface area (Å²) in [5.74, 6) is 0.881. The second-order valence-corrected chi connectivity index (χ2v) is 4.39. The summed E-state index contributed by atoms with van der Waals surface area (Å²) in [4.78, 5) is 0. The first kappa shape index (κ1) is 12.0. The van der Waals surface area contributed by atoms with Crippen molar-refractivity contribution in [2.24, 2.45) is 0 Å². The van der Waals surface area contributed by atoms with Gasteiger partial charge < -0.3 is 10.1 Å². The molecule has 1 atom stereocenters. The van der Waals surface area contributed by atoms with Crippen LogP contribution in [0.1, 0.15) is 24.2 Å². The molecule has 4 nitrogen and oxygen atoms in total. The summed E-state index contributed by atoms with van der Waals surface area (Å²) in [5, 5.41) is 9.35. The zero-order valence-corrected chi connectivity index (χ0v) is 10.7. The highest BCUT2D eigenvalue weighted by atomic mass is 32.1. The van der Waals surface area contributed by atoms with Crippen molar-refractivity contribution in [3.63, 3.8) is 0 Å². The minimum atomic E-state index is 0.256. The van der Waals surface area contributed by atoms with E-state index in [1.807, 2.05) is 23.6 Å². The van der Waals surface area contributed by atoms with Gasteiger partial charge in [-0.3, -0.25) is 0 Å². The van der Waals surface area contributed by atoms with E-state index in [2.05, 4.69) is 27.9 Å². The van der Waals surface area contributed by atoms with E-state index in [0.29, 0.717) is 0 Å². The maximum absolute atomic E-state index is 5.21. The summed E-state index contributed by atoms with van der Waals surface area (Å²) in [6.45, 7) is 2.85. The highest BCUT2D eigenvalue weighted by Gasteiger charge is 2.06. The Labute approximate surface area is 105 Å². The SMILES string of the molecule is COc1cccc([C@@H](C)NCc2csnn2)c1. The highest BCUT2D eigenvalue weighted by Crippen LogP contribution is 2.18. The third-order valence-corrected chi connectivity index (χ3v) is 3.14. The van der Waals surface area contributed by atoms with Gasteiger partial charge in [-0.25, -0.2) is 0 Å². The third kappa shape index (κ3) is 3.25. The highest BCUT2D eigenvalue weighted by molar-refractivity contribution is 7.03. The van der Waals surface area contributed by atoms with Gasteiger partial charge in [0.1, 0.15) is 5.75 Å². The molecule has 1 aromatic carbocycles. The van der Waals surface area contributed by atoms with Crippen molar-refractivity contribution in [2.45, 2.75) is 19.5 Å². The van der Waals surface area contributed by atoms with Crippen molar-refractivity contribution < 1.29 is 4.74 Å². The van der Waals surface area contributed by atoms with Crippen LogP contribution >= 0.6 is 11.5 Å². The lowest BCUT2D eigenvalue weighted by Gasteiger charge is -2.14. The van der Waals surface area contributed by atoms with Crippen molar-refractivity contribution in [3.05, 3.63) is 40.9 Å². The number of ether oxygens (including phenoxy) is 1. The molecular weight excluding hydrogens is 234 g/mol. The third-order valence-electron chi connectivity index (χ3n) is 2.59. The molecule has 0 aliphatic heterocycles. The van der Waals surface area contributed by atoms with E-state index in [9.17, 15) is 0 Å². The van der Waals surface area contributed by atoms with Crippen LogP contribution in [0.25, 0.3) is 0 Å². The average molecular weight is 249 g/mol. The molecule has 1 N–H and O–H groups in total. The Hall–Kier alpha value is -1.46. The normalized spacial score (nSPS) is 12.4. The number of methoxy groups -OCH3 is 1. The van der Waals surface area contributed by atoms with Gasteiger partial charge in [-0.2, -0.15) is 0 Å². The van der Waals surface area contributed by atoms with Gasteiger partial charge in [0, 0.05) is 18.0 Å². The maximum Gasteiger partial charge on any atom is 0.119 e. The molecule has 0 spiro atoms. The predicted octanol–water partition coefficient (Wildman–Crippen LogP) is 2.40. The Morgan fingerprint density at radius 3 is 3.06 bits per heavy atom. The number of benzene rings is 1. The van der Waals surface area contributed by atoms with Crippen LogP contribution in [0.2, 0.25) is 0 Å². The van der Waals surface area contributed by atoms with Gasteiger partial charge in [0.2, 0.25) is 0 Å². The van der Waals surface area contributed by atoms with Crippen molar-refractivity contribution in [3.8, 4) is 5.75 Å². The largest absolute Gasteiger partial charge is 0.497 e. The molecule has 0 fully saturated rings. The summed E-state index contributed by atoms with van der Waals surface area (Å²) in [5.41, 5.74) is 2.18. The Kier molecular flexibility index (Phi) is 4.06. The van der Waals surface area contributed by atoms with Gasteiger partial charge >= 0.3 is 0 Å². The minimum Gasteiger partial charge on any atom is -0.497 e. The summed E-state index contributed by atoms with van der Waals surface area (Å²) >= 11 is 1.37. The molecule has 2 aromatic rings. The lowest BCUT2D eigenvalue weighted by molar-refractivity contribution is 0.413. The molecule has 90 valence electrons. The molecule has 0 saturated carbocycles. The Morgan fingerprint density at radius 1 is 1.47 bits per heavy atom. The first-order chi connectivity index (χ1) is 8.29. The van der Waals surface area contributed by atoms with Crippen LogP contribution < -0.4 is 10.1 Å². The average Bonchev–Trinajstić information content (AvgIpc) is 2.89. The topological polar surface area (TPSA) is 47.0 Å². The fourth-order valence-corrected chi connectivity index (χ4v) is 2.00. The molecule has 1 heterocycles. The smallest absolute Gasteiger partial charge is 0.119 e. The number of aromatic nitrogens is 2. The summed E-state index contributed by atoms with van der Waals surface area (Å²) < 4.78 is 9.04. The zero-order valence-electron chi connectivity index (χ0n) is 9.88. The van der Waals surface area contributed by atoms with Gasteiger partial charge in [0.25, 0.3) is 0 Å². The number of nitrogens with one attached hydrogen (secondary N) is 1. The first-order valence-corrected chi connectivity index (χ1v) is 6.26. The van der Waals surface area contributed by atoms with E-state index in [-0.39, 0.29) is 6.04 Å². The maximum atomic E-state index is 5.21. The Morgan fingerprint density at radius 2 is 2.35 bits per heavy atom. The van der Waals surface area contributed by atoms with Crippen LogP contribution in [0.4, 0.5) is 0 Å². The number of nitrogens with zero attached hydrogens (tertiary/aromatic N) is 2. The molecular formula is C12H15N3OS. The summed E-state index contributed by atoms with van der Waals surface area (Å²) in [6.07, 6.45) is 0. The monoisotopic (exact) mass is 249 g/mol. The summed E-state index contributed by atoms with van der Waals surface area (Å²) in [7, 11) is 1.68. The van der Waals surface area contributed by atoms with Crippen LogP contribution in [-0.4, -0.2) is 16.7 Å². The fourth-order valence-electron chi connectivity index (χ4n) is 1.55. The molecule has 0 aliphatic rings. The van der Waals surface area contributed by atoms with Gasteiger partial charge in [0.05, 0.1) is 12.8 Å². The molecule has 0 bridgehead atoms. The van der Waals surface area contributed by atoms with E-state index in [1.54, 1.807) is 7.11 Å². The van der Waals surface area contributed by atoms with Crippen LogP contribution in [-0.2, 0) is 6.54 Å². The van der Waals surface area contributed by atoms with Crippen molar-refractivity contribution in [1.29, 1.82) is 0 Å². The zero-order chi connectivity index (χ0) is 12.1. The molecule has 2 rings (SSSR count). The quantitative estimate of drug-likeness (QED) is 0.884. The second kappa shape index (κ2) is 5.75. The molecule has 0 saturated heterocycles. The van der Waals surface area contributed by atoms with Gasteiger partial charge in [-0.1, -0.05) is 16.6 Å². The van der Waals surface area contributed by atoms with Crippen molar-refractivity contribution in [2.75, 3.05) is 7.11 Å². The molecule has 0 amide bonds. The van der Waals surface area contributed by atoms with Crippen LogP contribution in [0.3, 0.4) is 0 Å².